The maximum Gasteiger partial charge on any atom is 0.410 e. The second kappa shape index (κ2) is 9.23. The molecule has 1 saturated heterocycles. The third kappa shape index (κ3) is 5.61. The number of aryl methyl sites for hydroxylation is 1. The van der Waals surface area contributed by atoms with Crippen LogP contribution < -0.4 is 0 Å². The van der Waals surface area contributed by atoms with Crippen molar-refractivity contribution in [2.75, 3.05) is 32.7 Å². The van der Waals surface area contributed by atoms with Crippen LogP contribution in [0, 0.1) is 0 Å². The van der Waals surface area contributed by atoms with Gasteiger partial charge in [0.25, 0.3) is 0 Å². The predicted octanol–water partition coefficient (Wildman–Crippen LogP) is 3.57. The van der Waals surface area contributed by atoms with E-state index in [2.05, 4.69) is 35.2 Å². The summed E-state index contributed by atoms with van der Waals surface area (Å²) < 4.78 is 5.41. The normalized spacial score (nSPS) is 15.1. The third-order valence-corrected chi connectivity index (χ3v) is 4.62. The van der Waals surface area contributed by atoms with E-state index in [9.17, 15) is 4.79 Å². The van der Waals surface area contributed by atoms with Gasteiger partial charge in [0, 0.05) is 26.2 Å². The smallest absolute Gasteiger partial charge is 0.410 e. The highest BCUT2D eigenvalue weighted by atomic mass is 16.6. The van der Waals surface area contributed by atoms with Crippen molar-refractivity contribution in [2.45, 2.75) is 19.4 Å². The molecule has 0 radical (unpaired) electrons. The van der Waals surface area contributed by atoms with Crippen LogP contribution in [0.15, 0.2) is 60.7 Å². The molecule has 1 heterocycles. The monoisotopic (exact) mass is 338 g/mol. The number of rotatable bonds is 6. The summed E-state index contributed by atoms with van der Waals surface area (Å²) in [6.07, 6.45) is 2.07. The first-order valence-corrected chi connectivity index (χ1v) is 9.03. The molecule has 1 aliphatic rings. The van der Waals surface area contributed by atoms with E-state index < -0.39 is 0 Å². The van der Waals surface area contributed by atoms with Crippen molar-refractivity contribution in [3.05, 3.63) is 71.8 Å². The summed E-state index contributed by atoms with van der Waals surface area (Å²) in [5, 5.41) is 0. The van der Waals surface area contributed by atoms with Gasteiger partial charge in [0.2, 0.25) is 0 Å². The van der Waals surface area contributed by atoms with E-state index in [1.807, 2.05) is 35.2 Å². The van der Waals surface area contributed by atoms with Crippen LogP contribution in [0.25, 0.3) is 0 Å². The lowest BCUT2D eigenvalue weighted by Gasteiger charge is -2.34. The Morgan fingerprint density at radius 2 is 1.44 bits per heavy atom. The molecule has 1 fully saturated rings. The van der Waals surface area contributed by atoms with E-state index in [1.54, 1.807) is 0 Å². The Labute approximate surface area is 150 Å². The second-order valence-electron chi connectivity index (χ2n) is 6.46. The van der Waals surface area contributed by atoms with Gasteiger partial charge >= 0.3 is 6.09 Å². The Morgan fingerprint density at radius 3 is 2.08 bits per heavy atom. The van der Waals surface area contributed by atoms with Gasteiger partial charge in [0.05, 0.1) is 0 Å². The highest BCUT2D eigenvalue weighted by molar-refractivity contribution is 5.67. The Hall–Kier alpha value is -2.33. The van der Waals surface area contributed by atoms with E-state index in [-0.39, 0.29) is 6.09 Å². The van der Waals surface area contributed by atoms with Gasteiger partial charge in [-0.1, -0.05) is 60.7 Å². The molecule has 0 aromatic heterocycles. The lowest BCUT2D eigenvalue weighted by Crippen LogP contribution is -2.49. The number of carbonyl (C=O) groups is 1. The van der Waals surface area contributed by atoms with Crippen LogP contribution in [0.4, 0.5) is 4.79 Å². The molecule has 4 heteroatoms. The lowest BCUT2D eigenvalue weighted by atomic mass is 10.1. The van der Waals surface area contributed by atoms with Gasteiger partial charge in [-0.15, -0.1) is 0 Å². The lowest BCUT2D eigenvalue weighted by molar-refractivity contribution is 0.0714. The number of amides is 1. The SMILES string of the molecule is O=C(OCc1ccccc1)N1CCN(CCCc2ccccc2)CC1. The molecule has 2 aromatic rings. The molecule has 1 aliphatic heterocycles. The van der Waals surface area contributed by atoms with Gasteiger partial charge in [-0.25, -0.2) is 4.79 Å². The summed E-state index contributed by atoms with van der Waals surface area (Å²) in [6, 6.07) is 20.4. The Balaban J connectivity index is 1.33. The molecule has 0 bridgehead atoms. The molecule has 25 heavy (non-hydrogen) atoms. The van der Waals surface area contributed by atoms with E-state index in [0.717, 1.165) is 51.1 Å². The number of carbonyl (C=O) groups excluding carboxylic acids is 1. The Bertz CT molecular complexity index is 637. The predicted molar refractivity (Wildman–Crippen MR) is 99.4 cm³/mol. The van der Waals surface area contributed by atoms with E-state index in [4.69, 9.17) is 4.74 Å². The van der Waals surface area contributed by atoms with Crippen LogP contribution in [0.5, 0.6) is 0 Å². The summed E-state index contributed by atoms with van der Waals surface area (Å²) in [6.45, 7) is 4.78. The van der Waals surface area contributed by atoms with Crippen LogP contribution in [-0.4, -0.2) is 48.6 Å². The van der Waals surface area contributed by atoms with E-state index >= 15 is 0 Å². The first-order valence-electron chi connectivity index (χ1n) is 9.03. The van der Waals surface area contributed by atoms with Crippen LogP contribution >= 0.6 is 0 Å². The van der Waals surface area contributed by atoms with Crippen LogP contribution in [0.3, 0.4) is 0 Å². The number of benzene rings is 2. The fourth-order valence-corrected chi connectivity index (χ4v) is 3.12. The molecule has 3 rings (SSSR count). The maximum absolute atomic E-state index is 12.2. The number of piperazine rings is 1. The zero-order chi connectivity index (χ0) is 17.3. The fourth-order valence-electron chi connectivity index (χ4n) is 3.12. The van der Waals surface area contributed by atoms with Gasteiger partial charge < -0.3 is 9.64 Å². The van der Waals surface area contributed by atoms with Gasteiger partial charge in [-0.2, -0.15) is 0 Å². The van der Waals surface area contributed by atoms with Gasteiger partial charge in [0.1, 0.15) is 6.61 Å². The maximum atomic E-state index is 12.2. The van der Waals surface area contributed by atoms with Crippen molar-refractivity contribution in [1.82, 2.24) is 9.80 Å². The number of ether oxygens (including phenoxy) is 1. The quantitative estimate of drug-likeness (QED) is 0.807. The average molecular weight is 338 g/mol. The largest absolute Gasteiger partial charge is 0.445 e. The van der Waals surface area contributed by atoms with Crippen molar-refractivity contribution in [3.8, 4) is 0 Å². The molecule has 0 N–H and O–H groups in total. The standard InChI is InChI=1S/C21H26N2O2/c24-21(25-18-20-10-5-2-6-11-20)23-16-14-22(15-17-23)13-7-12-19-8-3-1-4-9-19/h1-6,8-11H,7,12-18H2. The minimum absolute atomic E-state index is 0.201. The Kier molecular flexibility index (Phi) is 6.46. The minimum Gasteiger partial charge on any atom is -0.445 e. The van der Waals surface area contributed by atoms with Crippen LogP contribution in [0.1, 0.15) is 17.5 Å². The van der Waals surface area contributed by atoms with Crippen molar-refractivity contribution in [1.29, 1.82) is 0 Å². The third-order valence-electron chi connectivity index (χ3n) is 4.62. The molecule has 0 spiro atoms. The summed E-state index contributed by atoms with van der Waals surface area (Å²) in [5.74, 6) is 0. The highest BCUT2D eigenvalue weighted by Crippen LogP contribution is 2.09. The number of hydrogen-bond donors (Lipinski definition) is 0. The van der Waals surface area contributed by atoms with Gasteiger partial charge in [0.15, 0.2) is 0 Å². The minimum atomic E-state index is -0.201. The molecular weight excluding hydrogens is 312 g/mol. The van der Waals surface area contributed by atoms with Crippen LogP contribution in [-0.2, 0) is 17.8 Å². The molecule has 0 aliphatic carbocycles. The van der Waals surface area contributed by atoms with Crippen molar-refractivity contribution in [3.63, 3.8) is 0 Å². The van der Waals surface area contributed by atoms with Gasteiger partial charge in [-0.3, -0.25) is 4.90 Å². The second-order valence-corrected chi connectivity index (χ2v) is 6.46. The topological polar surface area (TPSA) is 32.8 Å². The van der Waals surface area contributed by atoms with E-state index in [0.29, 0.717) is 6.61 Å². The Morgan fingerprint density at radius 1 is 0.840 bits per heavy atom. The summed E-state index contributed by atoms with van der Waals surface area (Å²) in [4.78, 5) is 16.4. The van der Waals surface area contributed by atoms with Crippen molar-refractivity contribution < 1.29 is 9.53 Å². The molecule has 0 unspecified atom stereocenters. The number of hydrogen-bond acceptors (Lipinski definition) is 3. The first-order chi connectivity index (χ1) is 12.3. The molecule has 0 atom stereocenters. The molecule has 132 valence electrons. The van der Waals surface area contributed by atoms with Crippen molar-refractivity contribution in [2.24, 2.45) is 0 Å². The molecular formula is C21H26N2O2. The summed E-state index contributed by atoms with van der Waals surface area (Å²) >= 11 is 0. The summed E-state index contributed by atoms with van der Waals surface area (Å²) in [7, 11) is 0. The first kappa shape index (κ1) is 17.5. The van der Waals surface area contributed by atoms with E-state index in [1.165, 1.54) is 5.56 Å². The fraction of sp³-hybridized carbons (Fsp3) is 0.381. The highest BCUT2D eigenvalue weighted by Gasteiger charge is 2.21. The molecule has 0 saturated carbocycles. The summed E-state index contributed by atoms with van der Waals surface area (Å²) in [5.41, 5.74) is 2.42. The van der Waals surface area contributed by atoms with Crippen LogP contribution in [0.2, 0.25) is 0 Å². The number of nitrogens with zero attached hydrogens (tertiary/aromatic N) is 2. The zero-order valence-corrected chi connectivity index (χ0v) is 14.6. The zero-order valence-electron chi connectivity index (χ0n) is 14.6. The van der Waals surface area contributed by atoms with Gasteiger partial charge in [-0.05, 0) is 30.5 Å². The molecule has 2 aromatic carbocycles. The molecule has 1 amide bonds. The van der Waals surface area contributed by atoms with Crippen molar-refractivity contribution >= 4 is 6.09 Å². The average Bonchev–Trinajstić information content (AvgIpc) is 2.68. The molecule has 4 nitrogen and oxygen atoms in total.